The number of rotatable bonds is 4. The van der Waals surface area contributed by atoms with Crippen LogP contribution in [0.25, 0.3) is 11.0 Å². The molecule has 0 aliphatic rings. The maximum Gasteiger partial charge on any atom is 0.337 e. The topological polar surface area (TPSA) is 68.0 Å². The molecule has 6 heteroatoms. The highest BCUT2D eigenvalue weighted by Crippen LogP contribution is 2.28. The van der Waals surface area contributed by atoms with Crippen molar-refractivity contribution in [3.63, 3.8) is 0 Å². The van der Waals surface area contributed by atoms with Crippen molar-refractivity contribution in [2.45, 2.75) is 19.4 Å². The number of hydrogen-bond acceptors (Lipinski definition) is 4. The van der Waals surface area contributed by atoms with Gasteiger partial charge in [0.25, 0.3) is 0 Å². The Balaban J connectivity index is 2.17. The summed E-state index contributed by atoms with van der Waals surface area (Å²) in [5.74, 6) is -0.955. The molecule has 1 N–H and O–H groups in total. The van der Waals surface area contributed by atoms with Gasteiger partial charge in [-0.1, -0.05) is 13.0 Å². The lowest BCUT2D eigenvalue weighted by Crippen LogP contribution is -2.08. The first kappa shape index (κ1) is 12.8. The molecule has 0 fully saturated rings. The number of carboxylic acids is 1. The maximum absolute atomic E-state index is 11.2. The number of imidazole rings is 1. The first-order valence-electron chi connectivity index (χ1n) is 6.30. The van der Waals surface area contributed by atoms with Crippen LogP contribution in [0.2, 0.25) is 0 Å². The van der Waals surface area contributed by atoms with Gasteiger partial charge < -0.3 is 9.67 Å². The van der Waals surface area contributed by atoms with E-state index in [0.29, 0.717) is 5.52 Å². The maximum atomic E-state index is 11.2. The van der Waals surface area contributed by atoms with Gasteiger partial charge in [-0.15, -0.1) is 11.3 Å². The zero-order valence-corrected chi connectivity index (χ0v) is 11.7. The highest BCUT2D eigenvalue weighted by Gasteiger charge is 2.19. The molecule has 0 amide bonds. The molecule has 2 heterocycles. The first-order chi connectivity index (χ1) is 9.72. The monoisotopic (exact) mass is 287 g/mol. The van der Waals surface area contributed by atoms with Crippen molar-refractivity contribution in [1.82, 2.24) is 14.5 Å². The van der Waals surface area contributed by atoms with Crippen LogP contribution in [0, 0.1) is 0 Å². The molecule has 0 aliphatic carbocycles. The van der Waals surface area contributed by atoms with E-state index in [4.69, 9.17) is 0 Å². The molecule has 5 nitrogen and oxygen atoms in total. The van der Waals surface area contributed by atoms with Gasteiger partial charge in [0.1, 0.15) is 10.5 Å². The summed E-state index contributed by atoms with van der Waals surface area (Å²) in [6.07, 6.45) is 4.35. The number of benzene rings is 1. The Morgan fingerprint density at radius 3 is 2.95 bits per heavy atom. The van der Waals surface area contributed by atoms with E-state index in [1.807, 2.05) is 16.0 Å². The molecule has 1 unspecified atom stereocenters. The summed E-state index contributed by atoms with van der Waals surface area (Å²) in [5, 5.41) is 12.2. The second-order valence-corrected chi connectivity index (χ2v) is 5.35. The smallest absolute Gasteiger partial charge is 0.337 e. The lowest BCUT2D eigenvalue weighted by Gasteiger charge is -2.15. The van der Waals surface area contributed by atoms with Crippen LogP contribution in [0.5, 0.6) is 0 Å². The molecule has 0 saturated heterocycles. The van der Waals surface area contributed by atoms with E-state index in [9.17, 15) is 9.90 Å². The fourth-order valence-corrected chi connectivity index (χ4v) is 3.19. The number of carbonyl (C=O) groups is 1. The van der Waals surface area contributed by atoms with Crippen molar-refractivity contribution in [1.29, 1.82) is 0 Å². The van der Waals surface area contributed by atoms with E-state index in [1.165, 1.54) is 0 Å². The van der Waals surface area contributed by atoms with Gasteiger partial charge in [0.05, 0.1) is 23.4 Å². The molecule has 102 valence electrons. The number of fused-ring (bicyclic) bond motifs is 1. The Labute approximate surface area is 119 Å². The first-order valence-corrected chi connectivity index (χ1v) is 7.18. The number of aromatic nitrogens is 3. The van der Waals surface area contributed by atoms with Crippen LogP contribution in [-0.4, -0.2) is 25.6 Å². The molecule has 0 bridgehead atoms. The second-order valence-electron chi connectivity index (χ2n) is 4.42. The zero-order valence-electron chi connectivity index (χ0n) is 10.9. The number of carboxylic acid groups (broad SMARTS) is 1. The molecule has 0 radical (unpaired) electrons. The van der Waals surface area contributed by atoms with E-state index in [-0.39, 0.29) is 11.6 Å². The average Bonchev–Trinajstić information content (AvgIpc) is 3.09. The van der Waals surface area contributed by atoms with Crippen molar-refractivity contribution >= 4 is 28.3 Å². The third kappa shape index (κ3) is 1.98. The van der Waals surface area contributed by atoms with Gasteiger partial charge in [0.15, 0.2) is 0 Å². The van der Waals surface area contributed by atoms with Crippen LogP contribution in [0.4, 0.5) is 0 Å². The minimum atomic E-state index is -0.955. The summed E-state index contributed by atoms with van der Waals surface area (Å²) in [7, 11) is 0. The Hall–Kier alpha value is -2.21. The van der Waals surface area contributed by atoms with Gasteiger partial charge in [0, 0.05) is 11.6 Å². The van der Waals surface area contributed by atoms with E-state index in [1.54, 1.807) is 36.0 Å². The van der Waals surface area contributed by atoms with Gasteiger partial charge in [-0.05, 0) is 18.6 Å². The molecule has 0 saturated carbocycles. The molecule has 0 spiro atoms. The van der Waals surface area contributed by atoms with Gasteiger partial charge >= 0.3 is 5.97 Å². The largest absolute Gasteiger partial charge is 0.478 e. The Morgan fingerprint density at radius 2 is 2.30 bits per heavy atom. The predicted octanol–water partition coefficient (Wildman–Crippen LogP) is 3.19. The molecule has 3 aromatic rings. The molecule has 1 aromatic carbocycles. The summed E-state index contributed by atoms with van der Waals surface area (Å²) in [5.41, 5.74) is 1.58. The van der Waals surface area contributed by atoms with Crippen molar-refractivity contribution in [2.24, 2.45) is 0 Å². The molecule has 20 heavy (non-hydrogen) atoms. The number of hydrogen-bond donors (Lipinski definition) is 1. The van der Waals surface area contributed by atoms with Gasteiger partial charge in [-0.2, -0.15) is 0 Å². The third-order valence-corrected chi connectivity index (χ3v) is 4.17. The van der Waals surface area contributed by atoms with Crippen molar-refractivity contribution in [3.05, 3.63) is 46.7 Å². The van der Waals surface area contributed by atoms with Crippen molar-refractivity contribution < 1.29 is 9.90 Å². The van der Waals surface area contributed by atoms with E-state index < -0.39 is 5.97 Å². The fourth-order valence-electron chi connectivity index (χ4n) is 2.37. The molecule has 1 atom stereocenters. The van der Waals surface area contributed by atoms with Crippen LogP contribution in [0.1, 0.15) is 34.8 Å². The van der Waals surface area contributed by atoms with E-state index in [2.05, 4.69) is 16.9 Å². The molecular weight excluding hydrogens is 274 g/mol. The van der Waals surface area contributed by atoms with Gasteiger partial charge in [0.2, 0.25) is 0 Å². The normalized spacial score (nSPS) is 12.7. The lowest BCUT2D eigenvalue weighted by molar-refractivity contribution is 0.0699. The molecule has 2 aromatic heterocycles. The predicted molar refractivity (Wildman–Crippen MR) is 77.2 cm³/mol. The lowest BCUT2D eigenvalue weighted by atomic mass is 10.1. The van der Waals surface area contributed by atoms with Crippen LogP contribution in [-0.2, 0) is 0 Å². The Bertz CT molecular complexity index is 749. The summed E-state index contributed by atoms with van der Waals surface area (Å²) < 4.78 is 2.00. The standard InChI is InChI=1S/C14H13N3O2S/c1-2-10(13-15-6-7-20-13)17-8-16-12-9(14(18)19)4-3-5-11(12)17/h3-8,10H,2H2,1H3,(H,18,19). The van der Waals surface area contributed by atoms with Crippen molar-refractivity contribution in [2.75, 3.05) is 0 Å². The summed E-state index contributed by atoms with van der Waals surface area (Å²) in [6.45, 7) is 2.08. The number of nitrogens with zero attached hydrogens (tertiary/aromatic N) is 3. The third-order valence-electron chi connectivity index (χ3n) is 3.29. The fraction of sp³-hybridized carbons (Fsp3) is 0.214. The van der Waals surface area contributed by atoms with Crippen LogP contribution < -0.4 is 0 Å². The Morgan fingerprint density at radius 1 is 1.45 bits per heavy atom. The molecule has 3 rings (SSSR count). The van der Waals surface area contributed by atoms with E-state index in [0.717, 1.165) is 16.9 Å². The van der Waals surface area contributed by atoms with Crippen molar-refractivity contribution in [3.8, 4) is 0 Å². The number of para-hydroxylation sites is 1. The second kappa shape index (κ2) is 5.05. The molecular formula is C14H13N3O2S. The summed E-state index contributed by atoms with van der Waals surface area (Å²) >= 11 is 1.60. The van der Waals surface area contributed by atoms with Gasteiger partial charge in [-0.3, -0.25) is 0 Å². The average molecular weight is 287 g/mol. The minimum Gasteiger partial charge on any atom is -0.478 e. The number of thiazole rings is 1. The van der Waals surface area contributed by atoms with Crippen LogP contribution in [0.3, 0.4) is 0 Å². The minimum absolute atomic E-state index is 0.0871. The highest BCUT2D eigenvalue weighted by atomic mass is 32.1. The summed E-state index contributed by atoms with van der Waals surface area (Å²) in [6, 6.07) is 5.31. The quantitative estimate of drug-likeness (QED) is 0.800. The number of aromatic carboxylic acids is 1. The Kier molecular flexibility index (Phi) is 3.23. The van der Waals surface area contributed by atoms with Crippen LogP contribution in [0.15, 0.2) is 36.1 Å². The zero-order chi connectivity index (χ0) is 14.1. The van der Waals surface area contributed by atoms with Crippen LogP contribution >= 0.6 is 11.3 Å². The highest BCUT2D eigenvalue weighted by molar-refractivity contribution is 7.09. The SMILES string of the molecule is CCC(c1nccs1)n1cnc2c(C(=O)O)cccc21. The summed E-state index contributed by atoms with van der Waals surface area (Å²) in [4.78, 5) is 19.9. The van der Waals surface area contributed by atoms with Gasteiger partial charge in [-0.25, -0.2) is 14.8 Å². The van der Waals surface area contributed by atoms with E-state index >= 15 is 0 Å². The molecule has 0 aliphatic heterocycles.